The smallest absolute Gasteiger partial charge is 0.276 e. The van der Waals surface area contributed by atoms with E-state index in [2.05, 4.69) is 9.93 Å². The minimum absolute atomic E-state index is 0.0938. The monoisotopic (exact) mass is 304 g/mol. The van der Waals surface area contributed by atoms with E-state index >= 15 is 0 Å². The summed E-state index contributed by atoms with van der Waals surface area (Å²) in [6, 6.07) is 11.6. The van der Waals surface area contributed by atoms with Crippen LogP contribution in [0.2, 0.25) is 0 Å². The number of nitrogens with zero attached hydrogens (tertiary/aromatic N) is 1. The Labute approximate surface area is 124 Å². The number of phenolic OH excluding ortho intramolecular Hbond substituents is 1. The predicted octanol–water partition coefficient (Wildman–Crippen LogP) is 2.32. The summed E-state index contributed by atoms with van der Waals surface area (Å²) in [7, 11) is -3.70. The average molecular weight is 304 g/mol. The lowest BCUT2D eigenvalue weighted by Crippen LogP contribution is -2.19. The lowest BCUT2D eigenvalue weighted by molar-refractivity contribution is 0.475. The molecule has 0 aliphatic rings. The maximum absolute atomic E-state index is 12.2. The normalized spacial score (nSPS) is 11.7. The van der Waals surface area contributed by atoms with E-state index in [1.165, 1.54) is 18.3 Å². The van der Waals surface area contributed by atoms with Crippen LogP contribution in [0.25, 0.3) is 0 Å². The highest BCUT2D eigenvalue weighted by molar-refractivity contribution is 7.89. The number of hydrazone groups is 1. The van der Waals surface area contributed by atoms with Gasteiger partial charge in [-0.15, -0.1) is 0 Å². The number of benzene rings is 2. The highest BCUT2D eigenvalue weighted by Gasteiger charge is 2.15. The van der Waals surface area contributed by atoms with Crippen molar-refractivity contribution in [3.05, 3.63) is 59.2 Å². The summed E-state index contributed by atoms with van der Waals surface area (Å²) < 4.78 is 24.4. The van der Waals surface area contributed by atoms with Gasteiger partial charge in [0, 0.05) is 0 Å². The Kier molecular flexibility index (Phi) is 4.28. The third kappa shape index (κ3) is 3.82. The van der Waals surface area contributed by atoms with Gasteiger partial charge in [0.2, 0.25) is 0 Å². The van der Waals surface area contributed by atoms with Gasteiger partial charge >= 0.3 is 0 Å². The molecule has 0 unspecified atom stereocenters. The van der Waals surface area contributed by atoms with Gasteiger partial charge in [-0.2, -0.15) is 13.5 Å². The van der Waals surface area contributed by atoms with Gasteiger partial charge in [-0.05, 0) is 48.7 Å². The Morgan fingerprint density at radius 1 is 1.14 bits per heavy atom. The molecule has 0 bridgehead atoms. The van der Waals surface area contributed by atoms with Gasteiger partial charge in [0.1, 0.15) is 5.75 Å². The molecule has 0 heterocycles. The molecule has 0 amide bonds. The molecule has 110 valence electrons. The number of sulfonamides is 1. The lowest BCUT2D eigenvalue weighted by Gasteiger charge is -2.07. The molecule has 21 heavy (non-hydrogen) atoms. The lowest BCUT2D eigenvalue weighted by atomic mass is 10.2. The number of phenols is 1. The van der Waals surface area contributed by atoms with Crippen molar-refractivity contribution in [2.24, 2.45) is 5.10 Å². The molecule has 6 heteroatoms. The molecule has 0 fully saturated rings. The first-order valence-corrected chi connectivity index (χ1v) is 7.78. The van der Waals surface area contributed by atoms with Crippen LogP contribution >= 0.6 is 0 Å². The number of nitrogens with one attached hydrogen (secondary N) is 1. The van der Waals surface area contributed by atoms with Crippen molar-refractivity contribution in [1.29, 1.82) is 0 Å². The van der Waals surface area contributed by atoms with Crippen LogP contribution in [-0.2, 0) is 10.0 Å². The van der Waals surface area contributed by atoms with Gasteiger partial charge in [-0.3, -0.25) is 0 Å². The van der Waals surface area contributed by atoms with Crippen molar-refractivity contribution in [3.63, 3.8) is 0 Å². The van der Waals surface area contributed by atoms with E-state index in [-0.39, 0.29) is 10.6 Å². The van der Waals surface area contributed by atoms with E-state index in [9.17, 15) is 13.5 Å². The van der Waals surface area contributed by atoms with Gasteiger partial charge in [0.15, 0.2) is 0 Å². The Bertz CT molecular complexity index is 783. The van der Waals surface area contributed by atoms with Crippen LogP contribution in [0.3, 0.4) is 0 Å². The molecule has 2 aromatic rings. The number of rotatable bonds is 4. The number of aryl methyl sites for hydroxylation is 2. The zero-order valence-corrected chi connectivity index (χ0v) is 12.6. The third-order valence-electron chi connectivity index (χ3n) is 2.89. The first-order chi connectivity index (χ1) is 9.88. The van der Waals surface area contributed by atoms with Gasteiger partial charge in [-0.25, -0.2) is 4.83 Å². The summed E-state index contributed by atoms with van der Waals surface area (Å²) >= 11 is 0. The molecule has 2 rings (SSSR count). The molecule has 2 N–H and O–H groups in total. The molecule has 0 saturated heterocycles. The van der Waals surface area contributed by atoms with Crippen molar-refractivity contribution in [2.45, 2.75) is 18.7 Å². The van der Waals surface area contributed by atoms with Crippen LogP contribution in [0.15, 0.2) is 52.5 Å². The number of aromatic hydroxyl groups is 1. The van der Waals surface area contributed by atoms with Gasteiger partial charge in [0.25, 0.3) is 10.0 Å². The fourth-order valence-electron chi connectivity index (χ4n) is 1.82. The van der Waals surface area contributed by atoms with E-state index in [4.69, 9.17) is 0 Å². The molecular weight excluding hydrogens is 288 g/mol. The Hall–Kier alpha value is -2.34. The second-order valence-electron chi connectivity index (χ2n) is 4.72. The average Bonchev–Trinajstić information content (AvgIpc) is 2.41. The molecule has 0 aromatic heterocycles. The maximum Gasteiger partial charge on any atom is 0.276 e. The second kappa shape index (κ2) is 5.97. The van der Waals surface area contributed by atoms with Crippen molar-refractivity contribution in [2.75, 3.05) is 0 Å². The van der Waals surface area contributed by atoms with Crippen LogP contribution in [0, 0.1) is 13.8 Å². The van der Waals surface area contributed by atoms with Crippen LogP contribution in [0.1, 0.15) is 16.7 Å². The minimum atomic E-state index is -3.70. The predicted molar refractivity (Wildman–Crippen MR) is 81.9 cm³/mol. The Balaban J connectivity index is 2.20. The fraction of sp³-hybridized carbons (Fsp3) is 0.133. The van der Waals surface area contributed by atoms with E-state index in [0.29, 0.717) is 11.1 Å². The summed E-state index contributed by atoms with van der Waals surface area (Å²) in [5, 5.41) is 13.0. The topological polar surface area (TPSA) is 78.8 Å². The Morgan fingerprint density at radius 3 is 2.62 bits per heavy atom. The van der Waals surface area contributed by atoms with Crippen molar-refractivity contribution in [3.8, 4) is 5.75 Å². The van der Waals surface area contributed by atoms with Crippen molar-refractivity contribution in [1.82, 2.24) is 4.83 Å². The zero-order chi connectivity index (χ0) is 15.5. The molecule has 2 aromatic carbocycles. The van der Waals surface area contributed by atoms with Crippen molar-refractivity contribution < 1.29 is 13.5 Å². The van der Waals surface area contributed by atoms with Crippen LogP contribution in [0.4, 0.5) is 0 Å². The highest BCUT2D eigenvalue weighted by Crippen LogP contribution is 2.16. The highest BCUT2D eigenvalue weighted by atomic mass is 32.2. The van der Waals surface area contributed by atoms with Gasteiger partial charge < -0.3 is 5.11 Å². The largest absolute Gasteiger partial charge is 0.508 e. The first kappa shape index (κ1) is 15.1. The standard InChI is InChI=1S/C15H16N2O3S/c1-11-6-7-12(2)15(8-11)21(19,20)17-16-10-13-4-3-5-14(18)9-13/h3-10,17-18H,1-2H3/b16-10-. The fourth-order valence-corrected chi connectivity index (χ4v) is 2.94. The molecular formula is C15H16N2O3S. The molecule has 0 atom stereocenters. The minimum Gasteiger partial charge on any atom is -0.508 e. The quantitative estimate of drug-likeness (QED) is 0.672. The Morgan fingerprint density at radius 2 is 1.90 bits per heavy atom. The van der Waals surface area contributed by atoms with E-state index in [1.807, 2.05) is 13.0 Å². The van der Waals surface area contributed by atoms with Gasteiger partial charge in [0.05, 0.1) is 11.1 Å². The van der Waals surface area contributed by atoms with Crippen LogP contribution < -0.4 is 4.83 Å². The summed E-state index contributed by atoms with van der Waals surface area (Å²) in [6.45, 7) is 3.56. The molecule has 0 aliphatic heterocycles. The van der Waals surface area contributed by atoms with E-state index in [1.54, 1.807) is 31.2 Å². The SMILES string of the molecule is Cc1ccc(C)c(S(=O)(=O)N/N=C\c2cccc(O)c2)c1. The maximum atomic E-state index is 12.2. The number of hydrogen-bond donors (Lipinski definition) is 2. The van der Waals surface area contributed by atoms with Crippen LogP contribution in [0.5, 0.6) is 5.75 Å². The summed E-state index contributed by atoms with van der Waals surface area (Å²) in [5.41, 5.74) is 2.11. The van der Waals surface area contributed by atoms with E-state index < -0.39 is 10.0 Å². The second-order valence-corrected chi connectivity index (χ2v) is 6.35. The summed E-state index contributed by atoms with van der Waals surface area (Å²) in [6.07, 6.45) is 1.34. The van der Waals surface area contributed by atoms with Crippen molar-refractivity contribution >= 4 is 16.2 Å². The summed E-state index contributed by atoms with van der Waals surface area (Å²) in [4.78, 5) is 2.38. The van der Waals surface area contributed by atoms with E-state index in [0.717, 1.165) is 5.56 Å². The molecule has 0 radical (unpaired) electrons. The zero-order valence-electron chi connectivity index (χ0n) is 11.7. The molecule has 0 saturated carbocycles. The molecule has 5 nitrogen and oxygen atoms in total. The summed E-state index contributed by atoms with van der Waals surface area (Å²) in [5.74, 6) is 0.0938. The molecule has 0 aliphatic carbocycles. The van der Waals surface area contributed by atoms with Gasteiger partial charge in [-0.1, -0.05) is 24.3 Å². The number of hydrogen-bond acceptors (Lipinski definition) is 4. The third-order valence-corrected chi connectivity index (χ3v) is 4.25. The first-order valence-electron chi connectivity index (χ1n) is 6.30. The molecule has 0 spiro atoms. The van der Waals surface area contributed by atoms with Crippen LogP contribution in [-0.4, -0.2) is 19.7 Å².